The summed E-state index contributed by atoms with van der Waals surface area (Å²) in [5.74, 6) is -0.253. The highest BCUT2D eigenvalue weighted by atomic mass is 32.2. The predicted octanol–water partition coefficient (Wildman–Crippen LogP) is 3.38. The monoisotopic (exact) mass is 596 g/mol. The molecule has 2 aromatic heterocycles. The van der Waals surface area contributed by atoms with Crippen LogP contribution in [0.1, 0.15) is 24.2 Å². The molecule has 0 radical (unpaired) electrons. The summed E-state index contributed by atoms with van der Waals surface area (Å²) >= 11 is 0. The number of likely N-dealkylation sites (N-methyl/N-ethyl adjacent to an activating group) is 1. The van der Waals surface area contributed by atoms with E-state index in [-0.39, 0.29) is 36.5 Å². The molecular formula is C26H32F4N8O2S. The average Bonchev–Trinajstić information content (AvgIpc) is 3.29. The van der Waals surface area contributed by atoms with Gasteiger partial charge in [-0.1, -0.05) is 0 Å². The fraction of sp³-hybridized carbons (Fsp3) is 0.500. The molecule has 2 saturated heterocycles. The van der Waals surface area contributed by atoms with Crippen LogP contribution in [0.3, 0.4) is 0 Å². The molecule has 222 valence electrons. The zero-order valence-corrected chi connectivity index (χ0v) is 23.8. The van der Waals surface area contributed by atoms with Crippen molar-refractivity contribution in [1.82, 2.24) is 28.7 Å². The summed E-state index contributed by atoms with van der Waals surface area (Å²) in [6.45, 7) is 5.42. The maximum absolute atomic E-state index is 15.3. The number of nitrogens with one attached hydrogen (secondary N) is 1. The lowest BCUT2D eigenvalue weighted by Crippen LogP contribution is -2.44. The Labute approximate surface area is 236 Å². The minimum absolute atomic E-state index is 0.0271. The molecule has 3 aromatic rings. The number of alkyl halides is 3. The van der Waals surface area contributed by atoms with Crippen LogP contribution in [0.5, 0.6) is 0 Å². The Hall–Kier alpha value is -3.30. The number of halogens is 4. The van der Waals surface area contributed by atoms with Gasteiger partial charge in [0.05, 0.1) is 11.9 Å². The summed E-state index contributed by atoms with van der Waals surface area (Å²) in [4.78, 5) is 16.6. The number of hydrogen-bond acceptors (Lipinski definition) is 8. The first-order valence-corrected chi connectivity index (χ1v) is 15.1. The number of imidazole rings is 1. The van der Waals surface area contributed by atoms with Gasteiger partial charge >= 0.3 is 6.18 Å². The summed E-state index contributed by atoms with van der Waals surface area (Å²) in [6.07, 6.45) is -0.665. The number of nitrogens with zero attached hydrogens (tertiary/aromatic N) is 7. The van der Waals surface area contributed by atoms with E-state index in [0.717, 1.165) is 38.1 Å². The van der Waals surface area contributed by atoms with E-state index in [1.165, 1.54) is 21.1 Å². The van der Waals surface area contributed by atoms with Crippen molar-refractivity contribution in [2.75, 3.05) is 62.8 Å². The van der Waals surface area contributed by atoms with Gasteiger partial charge in [0, 0.05) is 63.4 Å². The van der Waals surface area contributed by atoms with Crippen LogP contribution in [-0.2, 0) is 16.2 Å². The lowest BCUT2D eigenvalue weighted by atomic mass is 10.1. The molecule has 0 atom stereocenters. The Morgan fingerprint density at radius 3 is 2.32 bits per heavy atom. The van der Waals surface area contributed by atoms with Gasteiger partial charge in [-0.2, -0.15) is 13.2 Å². The van der Waals surface area contributed by atoms with Crippen molar-refractivity contribution in [3.63, 3.8) is 0 Å². The van der Waals surface area contributed by atoms with Crippen LogP contribution in [-0.4, -0.2) is 95.8 Å². The number of aromatic nitrogens is 4. The van der Waals surface area contributed by atoms with E-state index in [2.05, 4.69) is 30.1 Å². The molecule has 0 spiro atoms. The molecule has 2 fully saturated rings. The molecule has 0 aliphatic carbocycles. The average molecular weight is 597 g/mol. The van der Waals surface area contributed by atoms with Gasteiger partial charge in [-0.25, -0.2) is 32.1 Å². The smallest absolute Gasteiger partial charge is 0.369 e. The van der Waals surface area contributed by atoms with Crippen molar-refractivity contribution in [2.24, 2.45) is 0 Å². The molecule has 15 heteroatoms. The van der Waals surface area contributed by atoms with Gasteiger partial charge in [0.15, 0.2) is 0 Å². The van der Waals surface area contributed by atoms with E-state index in [4.69, 9.17) is 0 Å². The first-order chi connectivity index (χ1) is 19.3. The van der Waals surface area contributed by atoms with E-state index < -0.39 is 33.3 Å². The standard InChI is InChI=1S/C26H32F4N8O2S/c1-17-32-22(16-38(17)23-5-4-19(14-21(23)27)36-12-10-35(2)11-13-36)24-20(26(28,29)30)15-31-25(34-24)33-18-6-8-37(9-7-18)41(3,39)40/h4-5,14-16,18H,6-13H2,1-3H3,(H,31,33,34). The van der Waals surface area contributed by atoms with Crippen molar-refractivity contribution in [1.29, 1.82) is 0 Å². The Bertz CT molecular complexity index is 1510. The van der Waals surface area contributed by atoms with Crippen LogP contribution in [0.25, 0.3) is 17.1 Å². The zero-order valence-electron chi connectivity index (χ0n) is 23.0. The van der Waals surface area contributed by atoms with Gasteiger partial charge in [0.25, 0.3) is 0 Å². The molecule has 10 nitrogen and oxygen atoms in total. The summed E-state index contributed by atoms with van der Waals surface area (Å²) in [5, 5.41) is 3.03. The first-order valence-electron chi connectivity index (χ1n) is 13.3. The predicted molar refractivity (Wildman–Crippen MR) is 147 cm³/mol. The highest BCUT2D eigenvalue weighted by Gasteiger charge is 2.37. The second-order valence-corrected chi connectivity index (χ2v) is 12.5. The minimum atomic E-state index is -4.75. The Balaban J connectivity index is 1.41. The highest BCUT2D eigenvalue weighted by molar-refractivity contribution is 7.88. The first kappa shape index (κ1) is 29.2. The molecule has 5 rings (SSSR count). The Morgan fingerprint density at radius 2 is 1.71 bits per heavy atom. The maximum Gasteiger partial charge on any atom is 0.420 e. The van der Waals surface area contributed by atoms with Crippen LogP contribution < -0.4 is 10.2 Å². The number of hydrogen-bond donors (Lipinski definition) is 1. The van der Waals surface area contributed by atoms with Crippen molar-refractivity contribution < 1.29 is 26.0 Å². The van der Waals surface area contributed by atoms with Gasteiger partial charge in [-0.05, 0) is 45.0 Å². The molecule has 2 aliphatic heterocycles. The third-order valence-electron chi connectivity index (χ3n) is 7.53. The van der Waals surface area contributed by atoms with E-state index in [0.29, 0.717) is 24.9 Å². The number of sulfonamides is 1. The minimum Gasteiger partial charge on any atom is -0.369 e. The second kappa shape index (κ2) is 11.2. The van der Waals surface area contributed by atoms with Crippen molar-refractivity contribution in [2.45, 2.75) is 32.0 Å². The van der Waals surface area contributed by atoms with Crippen LogP contribution in [0, 0.1) is 12.7 Å². The molecule has 2 aliphatic rings. The van der Waals surface area contributed by atoms with Crippen molar-refractivity contribution >= 4 is 21.7 Å². The lowest BCUT2D eigenvalue weighted by Gasteiger charge is -2.34. The lowest BCUT2D eigenvalue weighted by molar-refractivity contribution is -0.137. The summed E-state index contributed by atoms with van der Waals surface area (Å²) < 4.78 is 83.5. The topological polar surface area (TPSA) is 99.5 Å². The van der Waals surface area contributed by atoms with Gasteiger partial charge < -0.3 is 19.7 Å². The Morgan fingerprint density at radius 1 is 1.02 bits per heavy atom. The van der Waals surface area contributed by atoms with Gasteiger partial charge in [0.2, 0.25) is 16.0 Å². The number of rotatable bonds is 6. The number of piperidine rings is 1. The van der Waals surface area contributed by atoms with E-state index in [1.807, 2.05) is 7.05 Å². The molecule has 4 heterocycles. The summed E-state index contributed by atoms with van der Waals surface area (Å²) in [7, 11) is -1.28. The largest absolute Gasteiger partial charge is 0.420 e. The van der Waals surface area contributed by atoms with Gasteiger partial charge in [-0.15, -0.1) is 0 Å². The van der Waals surface area contributed by atoms with Crippen LogP contribution in [0.4, 0.5) is 29.2 Å². The SMILES string of the molecule is Cc1nc(-c2nc(NC3CCN(S(C)(=O)=O)CC3)ncc2C(F)(F)F)cn1-c1ccc(N2CCN(C)CC2)cc1F. The summed E-state index contributed by atoms with van der Waals surface area (Å²) in [5.41, 5.74) is -0.664. The van der Waals surface area contributed by atoms with Crippen molar-refractivity contribution in [3.05, 3.63) is 47.8 Å². The number of piperazine rings is 1. The molecule has 0 unspecified atom stereocenters. The second-order valence-electron chi connectivity index (χ2n) is 10.5. The van der Waals surface area contributed by atoms with Crippen LogP contribution in [0.2, 0.25) is 0 Å². The number of benzene rings is 1. The normalized spacial score (nSPS) is 18.2. The molecule has 41 heavy (non-hydrogen) atoms. The molecule has 0 saturated carbocycles. The number of aryl methyl sites for hydroxylation is 1. The van der Waals surface area contributed by atoms with E-state index in [1.54, 1.807) is 19.1 Å². The van der Waals surface area contributed by atoms with Gasteiger partial charge in [-0.3, -0.25) is 0 Å². The highest BCUT2D eigenvalue weighted by Crippen LogP contribution is 2.36. The van der Waals surface area contributed by atoms with Gasteiger partial charge in [0.1, 0.15) is 28.6 Å². The van der Waals surface area contributed by atoms with Crippen molar-refractivity contribution in [3.8, 4) is 17.1 Å². The maximum atomic E-state index is 15.3. The third kappa shape index (κ3) is 6.46. The number of anilines is 2. The molecule has 0 bridgehead atoms. The van der Waals surface area contributed by atoms with Crippen LogP contribution in [0.15, 0.2) is 30.6 Å². The fourth-order valence-corrected chi connectivity index (χ4v) is 6.03. The van der Waals surface area contributed by atoms with E-state index in [9.17, 15) is 21.6 Å². The third-order valence-corrected chi connectivity index (χ3v) is 8.84. The fourth-order valence-electron chi connectivity index (χ4n) is 5.15. The Kier molecular flexibility index (Phi) is 7.96. The quantitative estimate of drug-likeness (QED) is 0.433. The van der Waals surface area contributed by atoms with E-state index >= 15 is 4.39 Å². The molecular weight excluding hydrogens is 564 g/mol. The zero-order chi connectivity index (χ0) is 29.5. The molecule has 1 N–H and O–H groups in total. The summed E-state index contributed by atoms with van der Waals surface area (Å²) in [6, 6.07) is 4.61. The molecule has 1 aromatic carbocycles. The molecule has 0 amide bonds. The van der Waals surface area contributed by atoms with Crippen LogP contribution >= 0.6 is 0 Å².